The van der Waals surface area contributed by atoms with Crippen molar-refractivity contribution in [2.24, 2.45) is 0 Å². The van der Waals surface area contributed by atoms with Crippen LogP contribution in [-0.4, -0.2) is 25.6 Å². The number of nitrogens with zero attached hydrogens (tertiary/aromatic N) is 2. The average Bonchev–Trinajstić information content (AvgIpc) is 2.50. The molecule has 3 rings (SSSR count). The van der Waals surface area contributed by atoms with E-state index in [1.807, 2.05) is 0 Å². The van der Waals surface area contributed by atoms with Gasteiger partial charge in [-0.3, -0.25) is 9.20 Å². The van der Waals surface area contributed by atoms with E-state index in [1.165, 1.54) is 22.7 Å². The molecule has 7 heteroatoms. The summed E-state index contributed by atoms with van der Waals surface area (Å²) in [5, 5.41) is 19.5. The Kier molecular flexibility index (Phi) is 3.46. The number of rotatable bonds is 3. The number of carbonyl (C=O) groups excluding carboxylic acids is 1. The number of aryl methyl sites for hydroxylation is 1. The van der Waals surface area contributed by atoms with Crippen LogP contribution >= 0.6 is 0 Å². The minimum Gasteiger partial charge on any atom is -0.561 e. The molecule has 0 aliphatic heterocycles. The van der Waals surface area contributed by atoms with Crippen LogP contribution in [0.5, 0.6) is 5.75 Å². The number of anilines is 2. The van der Waals surface area contributed by atoms with E-state index in [0.29, 0.717) is 11.3 Å². The Hall–Kier alpha value is -3.35. The highest BCUT2D eigenvalue weighted by molar-refractivity contribution is 5.94. The number of fused-ring (bicyclic) bond motifs is 1. The summed E-state index contributed by atoms with van der Waals surface area (Å²) in [6, 6.07) is 9.56. The summed E-state index contributed by atoms with van der Waals surface area (Å²) in [5.74, 6) is -0.996. The molecule has 4 N–H and O–H groups in total. The van der Waals surface area contributed by atoms with Crippen molar-refractivity contribution in [3.63, 3.8) is 0 Å². The molecule has 0 amide bonds. The number of benzene rings is 1. The van der Waals surface area contributed by atoms with Crippen LogP contribution < -0.4 is 10.9 Å². The van der Waals surface area contributed by atoms with E-state index in [-0.39, 0.29) is 17.1 Å². The van der Waals surface area contributed by atoms with E-state index >= 15 is 0 Å². The van der Waals surface area contributed by atoms with Crippen LogP contribution in [0.3, 0.4) is 0 Å². The zero-order valence-corrected chi connectivity index (χ0v) is 12.2. The van der Waals surface area contributed by atoms with Gasteiger partial charge in [-0.2, -0.15) is 0 Å². The van der Waals surface area contributed by atoms with Gasteiger partial charge in [0.1, 0.15) is 11.4 Å². The maximum Gasteiger partial charge on any atom is 0.558 e. The van der Waals surface area contributed by atoms with Crippen LogP contribution in [0, 0.1) is 6.92 Å². The molecule has 0 atom stereocenters. The summed E-state index contributed by atoms with van der Waals surface area (Å²) >= 11 is 0. The Morgan fingerprint density at radius 1 is 1.26 bits per heavy atom. The third-order valence-electron chi connectivity index (χ3n) is 3.41. The van der Waals surface area contributed by atoms with Crippen molar-refractivity contribution >= 4 is 23.1 Å². The van der Waals surface area contributed by atoms with Gasteiger partial charge in [0.05, 0.1) is 0 Å². The molecular weight excluding hydrogens is 298 g/mol. The van der Waals surface area contributed by atoms with Crippen LogP contribution in [0.4, 0.5) is 11.5 Å². The summed E-state index contributed by atoms with van der Waals surface area (Å²) in [6.07, 6.45) is 1.51. The van der Waals surface area contributed by atoms with Gasteiger partial charge in [0.15, 0.2) is 5.82 Å². The number of phenols is 1. The minimum atomic E-state index is -1.11. The van der Waals surface area contributed by atoms with Gasteiger partial charge in [0, 0.05) is 16.7 Å². The lowest BCUT2D eigenvalue weighted by molar-refractivity contribution is 0.0695. The third-order valence-corrected chi connectivity index (χ3v) is 3.41. The molecule has 1 aromatic carbocycles. The lowest BCUT2D eigenvalue weighted by Crippen LogP contribution is -2.25. The number of hydrogen-bond donors (Lipinski definition) is 2. The van der Waals surface area contributed by atoms with E-state index in [4.69, 9.17) is 5.11 Å². The van der Waals surface area contributed by atoms with Crippen LogP contribution in [-0.2, 0) is 0 Å². The molecule has 0 unspecified atom stereocenters. The molecule has 23 heavy (non-hydrogen) atoms. The topological polar surface area (TPSA) is 107 Å². The van der Waals surface area contributed by atoms with E-state index in [0.717, 1.165) is 5.56 Å². The number of nitrogens with one attached hydrogen (secondary N) is 1. The first kappa shape index (κ1) is 14.6. The molecule has 116 valence electrons. The first-order valence-electron chi connectivity index (χ1n) is 6.81. The van der Waals surface area contributed by atoms with Gasteiger partial charge < -0.3 is 15.5 Å². The van der Waals surface area contributed by atoms with Crippen LogP contribution in [0.2, 0.25) is 0 Å². The predicted molar refractivity (Wildman–Crippen MR) is 85.5 cm³/mol. The molecular formula is C16H14N3O4+. The van der Waals surface area contributed by atoms with Crippen LogP contribution in [0.15, 0.2) is 47.4 Å². The van der Waals surface area contributed by atoms with Crippen molar-refractivity contribution in [2.75, 3.05) is 5.32 Å². The Morgan fingerprint density at radius 2 is 1.96 bits per heavy atom. The molecule has 0 fully saturated rings. The minimum absolute atomic E-state index is 0.0231. The molecule has 7 nitrogen and oxygen atoms in total. The lowest BCUT2D eigenvalue weighted by atomic mass is 10.2. The number of pyridine rings is 1. The van der Waals surface area contributed by atoms with Gasteiger partial charge in [0.2, 0.25) is 5.56 Å². The highest BCUT2D eigenvalue weighted by atomic mass is 16.4. The Balaban J connectivity index is 2.24. The average molecular weight is 312 g/mol. The zero-order chi connectivity index (χ0) is 16.6. The lowest BCUT2D eigenvalue weighted by Gasteiger charge is -2.10. The largest absolute Gasteiger partial charge is 0.561 e. The molecule has 3 aromatic rings. The summed E-state index contributed by atoms with van der Waals surface area (Å²) in [6.45, 7) is 1.80. The van der Waals surface area contributed by atoms with Crippen LogP contribution in [0.25, 0.3) is 5.65 Å². The van der Waals surface area contributed by atoms with Crippen molar-refractivity contribution in [3.8, 4) is 5.75 Å². The molecule has 0 aliphatic rings. The van der Waals surface area contributed by atoms with E-state index < -0.39 is 11.5 Å². The second-order valence-corrected chi connectivity index (χ2v) is 5.03. The molecule has 0 bridgehead atoms. The fourth-order valence-electron chi connectivity index (χ4n) is 2.27. The standard InChI is InChI=1S/C16H13N3O4/c1-9-3-2-8-19-14(9)18-13(12(15(19)21)16(22)23)17-10-4-6-11(20)7-5-10/h2-8,17,20H,1H3,(H,22,23)/p+1. The third kappa shape index (κ3) is 2.59. The van der Waals surface area contributed by atoms with E-state index in [2.05, 4.69) is 10.3 Å². The van der Waals surface area contributed by atoms with Crippen molar-refractivity contribution < 1.29 is 15.0 Å². The van der Waals surface area contributed by atoms with Crippen molar-refractivity contribution in [3.05, 3.63) is 64.1 Å². The van der Waals surface area contributed by atoms with Gasteiger partial charge in [-0.25, -0.2) is 4.98 Å². The number of carbonyl (C=O) groups is 1. The van der Waals surface area contributed by atoms with Gasteiger partial charge in [-0.1, -0.05) is 6.07 Å². The predicted octanol–water partition coefficient (Wildman–Crippen LogP) is 1.32. The summed E-state index contributed by atoms with van der Waals surface area (Å²) in [5.41, 5.74) is 0.780. The first-order valence-corrected chi connectivity index (χ1v) is 6.81. The number of hydrogen-bond acceptors (Lipinski definition) is 5. The fraction of sp³-hybridized carbons (Fsp3) is 0.0625. The summed E-state index contributed by atoms with van der Waals surface area (Å²) in [7, 11) is 0. The molecule has 0 saturated heterocycles. The summed E-state index contributed by atoms with van der Waals surface area (Å²) < 4.78 is 1.25. The maximum absolute atomic E-state index is 12.5. The smallest absolute Gasteiger partial charge is 0.558 e. The monoisotopic (exact) mass is 312 g/mol. The second kappa shape index (κ2) is 5.45. The molecule has 0 aliphatic carbocycles. The zero-order valence-electron chi connectivity index (χ0n) is 12.2. The van der Waals surface area contributed by atoms with Crippen molar-refractivity contribution in [1.29, 1.82) is 0 Å². The summed E-state index contributed by atoms with van der Waals surface area (Å²) in [4.78, 5) is 28.4. The molecule has 2 aromatic heterocycles. The maximum atomic E-state index is 12.5. The highest BCUT2D eigenvalue weighted by Crippen LogP contribution is 2.20. The number of phenolic OH excluding ortho intramolecular Hbond substituents is 1. The van der Waals surface area contributed by atoms with E-state index in [1.54, 1.807) is 31.2 Å². The Bertz CT molecular complexity index is 961. The highest BCUT2D eigenvalue weighted by Gasteiger charge is 2.25. The molecule has 2 heterocycles. The Labute approximate surface area is 130 Å². The molecule has 0 spiro atoms. The van der Waals surface area contributed by atoms with Crippen molar-refractivity contribution in [2.45, 2.75) is 6.92 Å². The number of aromatic hydroxyl groups is 1. The molecule has 0 saturated carbocycles. The molecule has 0 radical (unpaired) electrons. The van der Waals surface area contributed by atoms with Crippen LogP contribution in [0.1, 0.15) is 15.9 Å². The SMILES string of the molecule is Cc1cccn2c(=O)c(C(=O)[OH2+])c(Nc3ccc(O)cc3)nc12. The number of aromatic nitrogens is 2. The first-order chi connectivity index (χ1) is 11.0. The fourth-order valence-corrected chi connectivity index (χ4v) is 2.27. The van der Waals surface area contributed by atoms with Gasteiger partial charge in [0.25, 0.3) is 5.56 Å². The van der Waals surface area contributed by atoms with E-state index in [9.17, 15) is 14.7 Å². The quantitative estimate of drug-likeness (QED) is 0.560. The Morgan fingerprint density at radius 3 is 2.61 bits per heavy atom. The van der Waals surface area contributed by atoms with Gasteiger partial charge in [-0.05, 0) is 42.8 Å². The van der Waals surface area contributed by atoms with Gasteiger partial charge in [-0.15, -0.1) is 0 Å². The van der Waals surface area contributed by atoms with Crippen molar-refractivity contribution in [1.82, 2.24) is 9.38 Å². The normalized spacial score (nSPS) is 10.7. The van der Waals surface area contributed by atoms with Gasteiger partial charge >= 0.3 is 5.97 Å². The second-order valence-electron chi connectivity index (χ2n) is 5.03.